The Balaban J connectivity index is 2.78. The number of hydrogen-bond acceptors (Lipinski definition) is 3. The van der Waals surface area contributed by atoms with Crippen LogP contribution in [0.15, 0.2) is 11.5 Å². The predicted molar refractivity (Wildman–Crippen MR) is 38.6 cm³/mol. The molecule has 0 fully saturated rings. The topological polar surface area (TPSA) is 49.8 Å². The van der Waals surface area contributed by atoms with E-state index in [1.54, 1.807) is 18.9 Å². The summed E-state index contributed by atoms with van der Waals surface area (Å²) in [5.74, 6) is -0.274. The first kappa shape index (κ1) is 7.91. The first-order valence-corrected chi connectivity index (χ1v) is 3.34. The Morgan fingerprint density at radius 1 is 1.64 bits per heavy atom. The van der Waals surface area contributed by atoms with Crippen LogP contribution in [0.2, 0.25) is 0 Å². The first-order chi connectivity index (χ1) is 5.04. The van der Waals surface area contributed by atoms with Gasteiger partial charge in [-0.2, -0.15) is 0 Å². The van der Waals surface area contributed by atoms with Gasteiger partial charge in [-0.15, -0.1) is 0 Å². The van der Waals surface area contributed by atoms with E-state index in [0.29, 0.717) is 5.76 Å². The lowest BCUT2D eigenvalue weighted by Crippen LogP contribution is -2.34. The van der Waals surface area contributed by atoms with Gasteiger partial charge < -0.3 is 14.7 Å². The van der Waals surface area contributed by atoms with E-state index in [4.69, 9.17) is 9.84 Å². The van der Waals surface area contributed by atoms with Crippen LogP contribution in [0.4, 0.5) is 0 Å². The van der Waals surface area contributed by atoms with Gasteiger partial charge in [-0.3, -0.25) is 0 Å². The Hall–Kier alpha value is -1.19. The third-order valence-electron chi connectivity index (χ3n) is 1.89. The van der Waals surface area contributed by atoms with Crippen LogP contribution in [0.5, 0.6) is 0 Å². The summed E-state index contributed by atoms with van der Waals surface area (Å²) in [4.78, 5) is 12.1. The highest BCUT2D eigenvalue weighted by atomic mass is 16.5. The third-order valence-corrected chi connectivity index (χ3v) is 1.89. The van der Waals surface area contributed by atoms with Crippen LogP contribution in [0.1, 0.15) is 13.8 Å². The lowest BCUT2D eigenvalue weighted by atomic mass is 10.4. The average molecular weight is 157 g/mol. The minimum Gasteiger partial charge on any atom is -0.477 e. The van der Waals surface area contributed by atoms with Gasteiger partial charge in [0.05, 0.1) is 5.70 Å². The monoisotopic (exact) mass is 157 g/mol. The number of carbonyl (C=O) groups is 1. The Kier molecular flexibility index (Phi) is 1.76. The summed E-state index contributed by atoms with van der Waals surface area (Å²) < 4.78 is 5.05. The molecule has 0 amide bonds. The fourth-order valence-electron chi connectivity index (χ4n) is 0.972. The number of likely N-dealkylation sites (N-methyl/N-ethyl adjacent to an activating group) is 1. The highest BCUT2D eigenvalue weighted by molar-refractivity contribution is 5.72. The smallest absolute Gasteiger partial charge is 0.366 e. The fraction of sp³-hybridized carbons (Fsp3) is 0.571. The summed E-state index contributed by atoms with van der Waals surface area (Å²) in [6.07, 6.45) is -0.838. The summed E-state index contributed by atoms with van der Waals surface area (Å²) in [6.45, 7) is 3.59. The maximum Gasteiger partial charge on any atom is 0.366 e. The first-order valence-electron chi connectivity index (χ1n) is 3.34. The molecule has 62 valence electrons. The van der Waals surface area contributed by atoms with Crippen molar-refractivity contribution in [3.05, 3.63) is 11.5 Å². The number of carboxylic acids is 1. The van der Waals surface area contributed by atoms with Gasteiger partial charge in [0.1, 0.15) is 5.76 Å². The van der Waals surface area contributed by atoms with E-state index < -0.39 is 12.2 Å². The van der Waals surface area contributed by atoms with Gasteiger partial charge in [-0.25, -0.2) is 4.79 Å². The van der Waals surface area contributed by atoms with Crippen molar-refractivity contribution >= 4 is 5.97 Å². The summed E-state index contributed by atoms with van der Waals surface area (Å²) in [7, 11) is 1.70. The maximum absolute atomic E-state index is 10.5. The van der Waals surface area contributed by atoms with Gasteiger partial charge in [0, 0.05) is 7.05 Å². The highest BCUT2D eigenvalue weighted by Gasteiger charge is 2.31. The number of ether oxygens (including phenoxy) is 1. The fourth-order valence-corrected chi connectivity index (χ4v) is 0.972. The van der Waals surface area contributed by atoms with Gasteiger partial charge in [-0.1, -0.05) is 0 Å². The van der Waals surface area contributed by atoms with E-state index in [9.17, 15) is 4.79 Å². The molecular formula is C7H11NO3. The van der Waals surface area contributed by atoms with E-state index in [1.165, 1.54) is 0 Å². The zero-order valence-corrected chi connectivity index (χ0v) is 6.79. The molecule has 0 aromatic rings. The van der Waals surface area contributed by atoms with E-state index >= 15 is 0 Å². The van der Waals surface area contributed by atoms with Crippen molar-refractivity contribution in [1.82, 2.24) is 4.90 Å². The van der Waals surface area contributed by atoms with Crippen molar-refractivity contribution in [3.8, 4) is 0 Å². The minimum absolute atomic E-state index is 0.680. The molecule has 1 N–H and O–H groups in total. The summed E-state index contributed by atoms with van der Waals surface area (Å²) >= 11 is 0. The Morgan fingerprint density at radius 2 is 2.18 bits per heavy atom. The molecule has 1 aliphatic heterocycles. The third kappa shape index (κ3) is 1.15. The van der Waals surface area contributed by atoms with Crippen molar-refractivity contribution in [2.24, 2.45) is 0 Å². The van der Waals surface area contributed by atoms with Crippen LogP contribution < -0.4 is 0 Å². The molecule has 1 atom stereocenters. The van der Waals surface area contributed by atoms with Gasteiger partial charge in [-0.05, 0) is 13.8 Å². The highest BCUT2D eigenvalue weighted by Crippen LogP contribution is 2.22. The number of allylic oxidation sites excluding steroid dienone is 2. The molecule has 0 radical (unpaired) electrons. The van der Waals surface area contributed by atoms with E-state index in [1.807, 2.05) is 6.92 Å². The number of nitrogens with zero attached hydrogens (tertiary/aromatic N) is 1. The molecule has 0 aliphatic carbocycles. The van der Waals surface area contributed by atoms with Gasteiger partial charge in [0.15, 0.2) is 0 Å². The van der Waals surface area contributed by atoms with E-state index in [0.717, 1.165) is 5.70 Å². The Morgan fingerprint density at radius 3 is 2.36 bits per heavy atom. The van der Waals surface area contributed by atoms with Crippen LogP contribution in [-0.2, 0) is 9.53 Å². The SMILES string of the molecule is CC1=C(C)N(C)C(C(=O)O)O1. The van der Waals surface area contributed by atoms with Crippen LogP contribution in [0.3, 0.4) is 0 Å². The molecule has 0 saturated heterocycles. The van der Waals surface area contributed by atoms with Gasteiger partial charge >= 0.3 is 5.97 Å². The quantitative estimate of drug-likeness (QED) is 0.606. The molecule has 11 heavy (non-hydrogen) atoms. The Labute approximate surface area is 65.1 Å². The van der Waals surface area contributed by atoms with Crippen LogP contribution in [0, 0.1) is 0 Å². The summed E-state index contributed by atoms with van der Waals surface area (Å²) in [6, 6.07) is 0. The van der Waals surface area contributed by atoms with Crippen molar-refractivity contribution in [2.75, 3.05) is 7.05 Å². The summed E-state index contributed by atoms with van der Waals surface area (Å²) in [5.41, 5.74) is 0.873. The van der Waals surface area contributed by atoms with Crippen molar-refractivity contribution in [2.45, 2.75) is 20.1 Å². The van der Waals surface area contributed by atoms with Crippen LogP contribution in [-0.4, -0.2) is 29.3 Å². The molecular weight excluding hydrogens is 146 g/mol. The molecule has 1 rings (SSSR count). The second-order valence-electron chi connectivity index (χ2n) is 2.56. The number of carboxylic acid groups (broad SMARTS) is 1. The summed E-state index contributed by atoms with van der Waals surface area (Å²) in [5, 5.41) is 8.63. The molecule has 0 saturated carbocycles. The molecule has 0 spiro atoms. The number of rotatable bonds is 1. The van der Waals surface area contributed by atoms with Crippen molar-refractivity contribution < 1.29 is 14.6 Å². The second kappa shape index (κ2) is 2.45. The normalized spacial score (nSPS) is 23.9. The van der Waals surface area contributed by atoms with Crippen molar-refractivity contribution in [1.29, 1.82) is 0 Å². The van der Waals surface area contributed by atoms with Crippen LogP contribution in [0.25, 0.3) is 0 Å². The lowest BCUT2D eigenvalue weighted by Gasteiger charge is -2.16. The zero-order valence-electron chi connectivity index (χ0n) is 6.79. The molecule has 1 heterocycles. The second-order valence-corrected chi connectivity index (χ2v) is 2.56. The number of hydrogen-bond donors (Lipinski definition) is 1. The Bertz CT molecular complexity index is 222. The zero-order chi connectivity index (χ0) is 8.59. The lowest BCUT2D eigenvalue weighted by molar-refractivity contribution is -0.153. The number of aliphatic carboxylic acids is 1. The van der Waals surface area contributed by atoms with Crippen molar-refractivity contribution in [3.63, 3.8) is 0 Å². The molecule has 0 aromatic carbocycles. The maximum atomic E-state index is 10.5. The molecule has 1 unspecified atom stereocenters. The molecule has 4 nitrogen and oxygen atoms in total. The molecule has 4 heteroatoms. The minimum atomic E-state index is -0.955. The van der Waals surface area contributed by atoms with Crippen LogP contribution >= 0.6 is 0 Å². The molecule has 0 aromatic heterocycles. The standard InChI is InChI=1S/C7H11NO3/c1-4-5(2)11-6(7(9)10)8(4)3/h6H,1-3H3,(H,9,10). The predicted octanol–water partition coefficient (Wildman–Crippen LogP) is 0.611. The molecule has 1 aliphatic rings. The van der Waals surface area contributed by atoms with Gasteiger partial charge in [0.2, 0.25) is 0 Å². The average Bonchev–Trinajstić information content (AvgIpc) is 2.17. The largest absolute Gasteiger partial charge is 0.477 e. The van der Waals surface area contributed by atoms with E-state index in [-0.39, 0.29) is 0 Å². The van der Waals surface area contributed by atoms with Gasteiger partial charge in [0.25, 0.3) is 6.23 Å². The van der Waals surface area contributed by atoms with E-state index in [2.05, 4.69) is 0 Å². The molecule has 0 bridgehead atoms.